The third-order valence-electron chi connectivity index (χ3n) is 3.18. The van der Waals surface area contributed by atoms with Gasteiger partial charge in [-0.05, 0) is 76.9 Å². The molecule has 1 unspecified atom stereocenters. The summed E-state index contributed by atoms with van der Waals surface area (Å²) in [7, 11) is 0. The summed E-state index contributed by atoms with van der Waals surface area (Å²) in [6.07, 6.45) is 0. The first-order chi connectivity index (χ1) is 8.49. The summed E-state index contributed by atoms with van der Waals surface area (Å²) < 4.78 is 1.14. The fraction of sp³-hybridized carbons (Fsp3) is 0.200. The van der Waals surface area contributed by atoms with Crippen LogP contribution in [0.15, 0.2) is 36.4 Å². The van der Waals surface area contributed by atoms with Crippen LogP contribution >= 0.6 is 34.2 Å². The summed E-state index contributed by atoms with van der Waals surface area (Å²) in [6, 6.07) is 12.1. The smallest absolute Gasteiger partial charge is 0.0562 e. The summed E-state index contributed by atoms with van der Waals surface area (Å²) >= 11 is 8.34. The van der Waals surface area contributed by atoms with Crippen molar-refractivity contribution in [3.05, 3.63) is 67.2 Å². The Morgan fingerprint density at radius 1 is 1.06 bits per heavy atom. The van der Waals surface area contributed by atoms with Crippen molar-refractivity contribution in [1.82, 2.24) is 0 Å². The lowest BCUT2D eigenvalue weighted by Gasteiger charge is -2.16. The van der Waals surface area contributed by atoms with E-state index in [9.17, 15) is 0 Å². The van der Waals surface area contributed by atoms with E-state index in [2.05, 4.69) is 54.6 Å². The lowest BCUT2D eigenvalue weighted by atomic mass is 9.96. The highest BCUT2D eigenvalue weighted by atomic mass is 127. The predicted octanol–water partition coefficient (Wildman–Crippen LogP) is 4.61. The molecule has 0 saturated carbocycles. The minimum absolute atomic E-state index is 0.130. The van der Waals surface area contributed by atoms with Crippen molar-refractivity contribution in [2.75, 3.05) is 0 Å². The first kappa shape index (κ1) is 13.8. The van der Waals surface area contributed by atoms with Crippen LogP contribution in [0.3, 0.4) is 0 Å². The Bertz CT molecular complexity index is 581. The zero-order valence-corrected chi connectivity index (χ0v) is 13.3. The molecule has 2 aromatic carbocycles. The molecule has 0 heterocycles. The van der Waals surface area contributed by atoms with Gasteiger partial charge in [-0.25, -0.2) is 0 Å². The van der Waals surface area contributed by atoms with E-state index in [1.54, 1.807) is 0 Å². The fourth-order valence-corrected chi connectivity index (χ4v) is 2.74. The molecule has 3 heteroatoms. The van der Waals surface area contributed by atoms with Crippen molar-refractivity contribution in [3.8, 4) is 0 Å². The molecule has 1 nitrogen and oxygen atoms in total. The van der Waals surface area contributed by atoms with Gasteiger partial charge in [0.25, 0.3) is 0 Å². The Kier molecular flexibility index (Phi) is 4.30. The molecule has 0 amide bonds. The molecule has 2 rings (SSSR count). The molecule has 94 valence electrons. The van der Waals surface area contributed by atoms with E-state index >= 15 is 0 Å². The van der Waals surface area contributed by atoms with Crippen LogP contribution < -0.4 is 5.73 Å². The molecule has 18 heavy (non-hydrogen) atoms. The van der Waals surface area contributed by atoms with Crippen LogP contribution in [0.1, 0.15) is 28.3 Å². The van der Waals surface area contributed by atoms with E-state index in [1.807, 2.05) is 18.2 Å². The molecule has 0 bridgehead atoms. The molecule has 0 aliphatic carbocycles. The van der Waals surface area contributed by atoms with E-state index in [4.69, 9.17) is 17.3 Å². The lowest BCUT2D eigenvalue weighted by molar-refractivity contribution is 0.862. The van der Waals surface area contributed by atoms with Crippen molar-refractivity contribution in [2.24, 2.45) is 5.73 Å². The summed E-state index contributed by atoms with van der Waals surface area (Å²) in [5, 5.41) is 0.727. The highest BCUT2D eigenvalue weighted by Crippen LogP contribution is 2.27. The number of benzene rings is 2. The first-order valence-corrected chi connectivity index (χ1v) is 7.22. The van der Waals surface area contributed by atoms with Gasteiger partial charge in [-0.2, -0.15) is 0 Å². The van der Waals surface area contributed by atoms with E-state index < -0.39 is 0 Å². The van der Waals surface area contributed by atoms with Crippen LogP contribution in [-0.2, 0) is 0 Å². The molecule has 1 atom stereocenters. The first-order valence-electron chi connectivity index (χ1n) is 5.76. The van der Waals surface area contributed by atoms with Crippen molar-refractivity contribution < 1.29 is 0 Å². The normalized spacial score (nSPS) is 12.5. The number of nitrogens with two attached hydrogens (primary N) is 1. The predicted molar refractivity (Wildman–Crippen MR) is 86.1 cm³/mol. The van der Waals surface area contributed by atoms with Crippen LogP contribution in [0.4, 0.5) is 0 Å². The molecule has 2 N–H and O–H groups in total. The van der Waals surface area contributed by atoms with Gasteiger partial charge in [0, 0.05) is 8.59 Å². The van der Waals surface area contributed by atoms with Gasteiger partial charge >= 0.3 is 0 Å². The SMILES string of the molecule is Cc1ccc(C(N)c2cc(Cl)ccc2I)cc1C. The van der Waals surface area contributed by atoms with Gasteiger partial charge in [0.2, 0.25) is 0 Å². The van der Waals surface area contributed by atoms with E-state index in [1.165, 1.54) is 11.1 Å². The van der Waals surface area contributed by atoms with E-state index in [0.29, 0.717) is 0 Å². The molecule has 0 aliphatic rings. The Morgan fingerprint density at radius 3 is 2.44 bits per heavy atom. The molecule has 0 aliphatic heterocycles. The lowest BCUT2D eigenvalue weighted by Crippen LogP contribution is -2.13. The van der Waals surface area contributed by atoms with Crippen LogP contribution in [0, 0.1) is 17.4 Å². The highest BCUT2D eigenvalue weighted by Gasteiger charge is 2.13. The summed E-state index contributed by atoms with van der Waals surface area (Å²) in [5.41, 5.74) is 11.1. The number of aryl methyl sites for hydroxylation is 2. The Balaban J connectivity index is 2.44. The monoisotopic (exact) mass is 371 g/mol. The quantitative estimate of drug-likeness (QED) is 0.767. The molecule has 2 aromatic rings. The second-order valence-electron chi connectivity index (χ2n) is 4.49. The number of hydrogen-bond donors (Lipinski definition) is 1. The van der Waals surface area contributed by atoms with Gasteiger partial charge in [-0.3, -0.25) is 0 Å². The Morgan fingerprint density at radius 2 is 1.78 bits per heavy atom. The zero-order valence-electron chi connectivity index (χ0n) is 10.4. The van der Waals surface area contributed by atoms with E-state index in [-0.39, 0.29) is 6.04 Å². The summed E-state index contributed by atoms with van der Waals surface area (Å²) in [6.45, 7) is 4.21. The number of halogens is 2. The van der Waals surface area contributed by atoms with Gasteiger partial charge in [0.05, 0.1) is 6.04 Å². The second kappa shape index (κ2) is 5.59. The number of hydrogen-bond acceptors (Lipinski definition) is 1. The molecule has 0 spiro atoms. The molecular weight excluding hydrogens is 357 g/mol. The van der Waals surface area contributed by atoms with Crippen molar-refractivity contribution in [2.45, 2.75) is 19.9 Å². The Labute approximate surface area is 126 Å². The average Bonchev–Trinajstić information content (AvgIpc) is 2.35. The molecule has 0 saturated heterocycles. The van der Waals surface area contributed by atoms with Gasteiger partial charge < -0.3 is 5.73 Å². The van der Waals surface area contributed by atoms with Crippen molar-refractivity contribution in [1.29, 1.82) is 0 Å². The Hall–Kier alpha value is -0.580. The van der Waals surface area contributed by atoms with Crippen LogP contribution in [0.2, 0.25) is 5.02 Å². The van der Waals surface area contributed by atoms with Gasteiger partial charge in [0.1, 0.15) is 0 Å². The van der Waals surface area contributed by atoms with Gasteiger partial charge in [-0.1, -0.05) is 29.8 Å². The standard InChI is InChI=1S/C15H15ClIN/c1-9-3-4-11(7-10(9)2)15(18)13-8-12(16)5-6-14(13)17/h3-8,15H,18H2,1-2H3. The minimum Gasteiger partial charge on any atom is -0.320 e. The second-order valence-corrected chi connectivity index (χ2v) is 6.09. The summed E-state index contributed by atoms with van der Waals surface area (Å²) in [4.78, 5) is 0. The molecule has 0 fully saturated rings. The molecule has 0 radical (unpaired) electrons. The fourth-order valence-electron chi connectivity index (χ4n) is 1.89. The van der Waals surface area contributed by atoms with Crippen LogP contribution in [0.25, 0.3) is 0 Å². The van der Waals surface area contributed by atoms with Gasteiger partial charge in [0.15, 0.2) is 0 Å². The van der Waals surface area contributed by atoms with E-state index in [0.717, 1.165) is 19.7 Å². The third kappa shape index (κ3) is 2.87. The highest BCUT2D eigenvalue weighted by molar-refractivity contribution is 14.1. The minimum atomic E-state index is -0.130. The number of rotatable bonds is 2. The maximum absolute atomic E-state index is 6.34. The van der Waals surface area contributed by atoms with Gasteiger partial charge in [-0.15, -0.1) is 0 Å². The maximum atomic E-state index is 6.34. The molecular formula is C15H15ClIN. The molecule has 0 aromatic heterocycles. The van der Waals surface area contributed by atoms with Crippen molar-refractivity contribution in [3.63, 3.8) is 0 Å². The summed E-state index contributed by atoms with van der Waals surface area (Å²) in [5.74, 6) is 0. The van der Waals surface area contributed by atoms with Crippen LogP contribution in [0.5, 0.6) is 0 Å². The third-order valence-corrected chi connectivity index (χ3v) is 4.40. The largest absolute Gasteiger partial charge is 0.320 e. The van der Waals surface area contributed by atoms with Crippen LogP contribution in [-0.4, -0.2) is 0 Å². The average molecular weight is 372 g/mol. The zero-order chi connectivity index (χ0) is 13.3. The maximum Gasteiger partial charge on any atom is 0.0562 e. The topological polar surface area (TPSA) is 26.0 Å². The van der Waals surface area contributed by atoms with Crippen molar-refractivity contribution >= 4 is 34.2 Å².